The van der Waals surface area contributed by atoms with Crippen LogP contribution < -0.4 is 10.6 Å². The summed E-state index contributed by atoms with van der Waals surface area (Å²) in [6.45, 7) is 2.83. The van der Waals surface area contributed by atoms with E-state index in [0.717, 1.165) is 59.5 Å². The number of carbonyl (C=O) groups is 1. The van der Waals surface area contributed by atoms with E-state index in [9.17, 15) is 18.7 Å². The summed E-state index contributed by atoms with van der Waals surface area (Å²) < 4.78 is 27.9. The second-order valence-corrected chi connectivity index (χ2v) is 10.2. The van der Waals surface area contributed by atoms with Crippen LogP contribution in [0.15, 0.2) is 66.7 Å². The highest BCUT2D eigenvalue weighted by molar-refractivity contribution is 6.08. The van der Waals surface area contributed by atoms with E-state index < -0.39 is 23.8 Å². The summed E-state index contributed by atoms with van der Waals surface area (Å²) in [6, 6.07) is 18.3. The highest BCUT2D eigenvalue weighted by Crippen LogP contribution is 2.30. The van der Waals surface area contributed by atoms with Crippen LogP contribution in [-0.4, -0.2) is 34.7 Å². The van der Waals surface area contributed by atoms with Crippen molar-refractivity contribution in [2.75, 3.05) is 6.54 Å². The lowest BCUT2D eigenvalue weighted by molar-refractivity contribution is 0.0830. The minimum Gasteiger partial charge on any atom is -0.390 e. The van der Waals surface area contributed by atoms with Crippen LogP contribution in [0.5, 0.6) is 0 Å². The fraction of sp³-hybridized carbons (Fsp3) is 0.312. The van der Waals surface area contributed by atoms with Gasteiger partial charge in [0.15, 0.2) is 0 Å². The van der Waals surface area contributed by atoms with Gasteiger partial charge in [0.2, 0.25) is 0 Å². The summed E-state index contributed by atoms with van der Waals surface area (Å²) in [5.74, 6) is -1.71. The van der Waals surface area contributed by atoms with E-state index in [1.54, 1.807) is 0 Å². The number of benzene rings is 3. The molecule has 4 aromatic rings. The Labute approximate surface area is 227 Å². The zero-order valence-electron chi connectivity index (χ0n) is 22.0. The minimum absolute atomic E-state index is 0.0692. The number of aromatic nitrogens is 1. The van der Waals surface area contributed by atoms with Crippen molar-refractivity contribution < 1.29 is 18.7 Å². The molecule has 0 fully saturated rings. The molecule has 202 valence electrons. The van der Waals surface area contributed by atoms with Crippen molar-refractivity contribution in [1.82, 2.24) is 15.6 Å². The van der Waals surface area contributed by atoms with Crippen LogP contribution >= 0.6 is 0 Å². The quantitative estimate of drug-likeness (QED) is 0.269. The molecular weight excluding hydrogens is 496 g/mol. The molecule has 0 radical (unpaired) electrons. The molecular formula is C32H33F2N3O2. The van der Waals surface area contributed by atoms with Crippen molar-refractivity contribution in [3.05, 3.63) is 112 Å². The number of fused-ring (bicyclic) bond motifs is 2. The van der Waals surface area contributed by atoms with E-state index in [-0.39, 0.29) is 18.9 Å². The number of aliphatic hydroxyl groups is 1. The summed E-state index contributed by atoms with van der Waals surface area (Å²) in [6.07, 6.45) is 2.50. The lowest BCUT2D eigenvalue weighted by Gasteiger charge is -2.26. The third-order valence-electron chi connectivity index (χ3n) is 7.39. The monoisotopic (exact) mass is 529 g/mol. The SMILES string of the molecule is CCc1cccc(CNC[C@@H](O)[C@H](Cc2cc(F)cc(F)c2)NC(=O)c2c3c(nc4ccccc24)CCC3)c1. The third-order valence-corrected chi connectivity index (χ3v) is 7.39. The number of pyridine rings is 1. The first-order chi connectivity index (χ1) is 18.9. The number of amides is 1. The predicted octanol–water partition coefficient (Wildman–Crippen LogP) is 5.06. The second kappa shape index (κ2) is 12.0. The molecule has 1 aliphatic carbocycles. The van der Waals surface area contributed by atoms with Gasteiger partial charge in [-0.2, -0.15) is 0 Å². The molecule has 5 nitrogen and oxygen atoms in total. The average molecular weight is 530 g/mol. The van der Waals surface area contributed by atoms with Crippen molar-refractivity contribution in [2.24, 2.45) is 0 Å². The Hall–Kier alpha value is -3.68. The van der Waals surface area contributed by atoms with Gasteiger partial charge in [-0.15, -0.1) is 0 Å². The van der Waals surface area contributed by atoms with Crippen LogP contribution in [-0.2, 0) is 32.2 Å². The summed E-state index contributed by atoms with van der Waals surface area (Å²) in [5.41, 5.74) is 5.86. The zero-order chi connectivity index (χ0) is 27.4. The number of hydrogen-bond acceptors (Lipinski definition) is 4. The smallest absolute Gasteiger partial charge is 0.252 e. The highest BCUT2D eigenvalue weighted by atomic mass is 19.1. The zero-order valence-corrected chi connectivity index (χ0v) is 22.0. The Morgan fingerprint density at radius 2 is 1.74 bits per heavy atom. The normalized spacial score (nSPS) is 14.3. The summed E-state index contributed by atoms with van der Waals surface area (Å²) in [7, 11) is 0. The molecule has 0 spiro atoms. The van der Waals surface area contributed by atoms with Gasteiger partial charge in [-0.25, -0.2) is 8.78 Å². The number of aryl methyl sites for hydroxylation is 2. The van der Waals surface area contributed by atoms with Gasteiger partial charge >= 0.3 is 0 Å². The van der Waals surface area contributed by atoms with Crippen molar-refractivity contribution >= 4 is 16.8 Å². The second-order valence-electron chi connectivity index (χ2n) is 10.2. The number of halogens is 2. The number of carbonyl (C=O) groups excluding carboxylic acids is 1. The number of nitrogens with zero attached hydrogens (tertiary/aromatic N) is 1. The van der Waals surface area contributed by atoms with Crippen molar-refractivity contribution in [3.63, 3.8) is 0 Å². The minimum atomic E-state index is -1.00. The predicted molar refractivity (Wildman–Crippen MR) is 149 cm³/mol. The van der Waals surface area contributed by atoms with E-state index in [1.807, 2.05) is 36.4 Å². The fourth-order valence-electron chi connectivity index (χ4n) is 5.44. The molecule has 1 amide bonds. The Kier molecular flexibility index (Phi) is 8.29. The average Bonchev–Trinajstić information content (AvgIpc) is 3.38. The molecule has 39 heavy (non-hydrogen) atoms. The number of para-hydroxylation sites is 1. The molecule has 3 aromatic carbocycles. The largest absolute Gasteiger partial charge is 0.390 e. The summed E-state index contributed by atoms with van der Waals surface area (Å²) >= 11 is 0. The van der Waals surface area contributed by atoms with Gasteiger partial charge in [0.05, 0.1) is 23.2 Å². The van der Waals surface area contributed by atoms with Gasteiger partial charge in [0, 0.05) is 30.2 Å². The van der Waals surface area contributed by atoms with Crippen LogP contribution in [0.4, 0.5) is 8.78 Å². The molecule has 0 unspecified atom stereocenters. The van der Waals surface area contributed by atoms with E-state index >= 15 is 0 Å². The maximum atomic E-state index is 14.0. The maximum Gasteiger partial charge on any atom is 0.252 e. The van der Waals surface area contributed by atoms with Crippen LogP contribution in [0.3, 0.4) is 0 Å². The molecule has 1 aromatic heterocycles. The van der Waals surface area contributed by atoms with Gasteiger partial charge in [0.1, 0.15) is 11.6 Å². The van der Waals surface area contributed by atoms with E-state index in [1.165, 1.54) is 17.7 Å². The molecule has 0 saturated carbocycles. The Morgan fingerprint density at radius 1 is 0.974 bits per heavy atom. The number of aliphatic hydroxyl groups excluding tert-OH is 1. The lowest BCUT2D eigenvalue weighted by atomic mass is 9.97. The van der Waals surface area contributed by atoms with E-state index in [2.05, 4.69) is 29.7 Å². The van der Waals surface area contributed by atoms with Crippen molar-refractivity contribution in [2.45, 2.75) is 57.7 Å². The van der Waals surface area contributed by atoms with Crippen LogP contribution in [0.1, 0.15) is 51.7 Å². The van der Waals surface area contributed by atoms with Gasteiger partial charge in [0.25, 0.3) is 5.91 Å². The lowest BCUT2D eigenvalue weighted by Crippen LogP contribution is -2.49. The van der Waals surface area contributed by atoms with E-state index in [0.29, 0.717) is 17.7 Å². The van der Waals surface area contributed by atoms with Crippen LogP contribution in [0.2, 0.25) is 0 Å². The first kappa shape index (κ1) is 26.9. The number of rotatable bonds is 10. The third kappa shape index (κ3) is 6.32. The highest BCUT2D eigenvalue weighted by Gasteiger charge is 2.28. The van der Waals surface area contributed by atoms with Gasteiger partial charge in [-0.05, 0) is 72.6 Å². The molecule has 0 bridgehead atoms. The van der Waals surface area contributed by atoms with Crippen molar-refractivity contribution in [1.29, 1.82) is 0 Å². The molecule has 2 atom stereocenters. The molecule has 7 heteroatoms. The Bertz CT molecular complexity index is 1470. The molecule has 0 aliphatic heterocycles. The standard InChI is InChI=1S/C32H33F2N3O2/c1-2-20-7-5-8-21(13-20)18-35-19-30(38)29(16-22-14-23(33)17-24(34)15-22)37-32(39)31-25-9-3-4-11-27(25)36-28-12-6-10-26(28)31/h3-5,7-9,11,13-15,17,29-30,35,38H,2,6,10,12,16,18-19H2,1H3,(H,37,39)/t29-,30+/m0/s1. The van der Waals surface area contributed by atoms with Crippen LogP contribution in [0.25, 0.3) is 10.9 Å². The van der Waals surface area contributed by atoms with Gasteiger partial charge < -0.3 is 15.7 Å². The Morgan fingerprint density at radius 3 is 2.54 bits per heavy atom. The first-order valence-electron chi connectivity index (χ1n) is 13.5. The number of hydrogen-bond donors (Lipinski definition) is 3. The summed E-state index contributed by atoms with van der Waals surface area (Å²) in [5, 5.41) is 18.2. The fourth-order valence-corrected chi connectivity index (χ4v) is 5.44. The summed E-state index contributed by atoms with van der Waals surface area (Å²) in [4.78, 5) is 18.6. The molecule has 1 heterocycles. The number of nitrogens with one attached hydrogen (secondary N) is 2. The first-order valence-corrected chi connectivity index (χ1v) is 13.5. The molecule has 0 saturated heterocycles. The molecule has 3 N–H and O–H groups in total. The van der Waals surface area contributed by atoms with E-state index in [4.69, 9.17) is 4.98 Å². The molecule has 5 rings (SSSR count). The van der Waals surface area contributed by atoms with Crippen molar-refractivity contribution in [3.8, 4) is 0 Å². The topological polar surface area (TPSA) is 74.2 Å². The van der Waals surface area contributed by atoms with Crippen LogP contribution in [0, 0.1) is 11.6 Å². The maximum absolute atomic E-state index is 14.0. The van der Waals surface area contributed by atoms with Gasteiger partial charge in [-0.3, -0.25) is 9.78 Å². The van der Waals surface area contributed by atoms with Gasteiger partial charge in [-0.1, -0.05) is 49.4 Å². The molecule has 1 aliphatic rings. The Balaban J connectivity index is 1.39.